The lowest BCUT2D eigenvalue weighted by Crippen LogP contribution is -2.53. The van der Waals surface area contributed by atoms with Crippen molar-refractivity contribution in [3.63, 3.8) is 0 Å². The van der Waals surface area contributed by atoms with Crippen molar-refractivity contribution in [3.05, 3.63) is 138 Å². The molecular weight excluding hydrogens is 1230 g/mol. The largest absolute Gasteiger partial charge is 0.508 e. The summed E-state index contributed by atoms with van der Waals surface area (Å²) in [5.74, 6) is -13.0. The molecule has 17 N–H and O–H groups in total. The molecule has 8 amide bonds. The van der Waals surface area contributed by atoms with Crippen LogP contribution in [0, 0.1) is 34.9 Å². The molecule has 0 aliphatic rings. The number of benzene rings is 4. The molecule has 6 rings (SSSR count). The Morgan fingerprint density at radius 1 is 0.568 bits per heavy atom. The molecule has 2 heterocycles. The molecule has 2 aromatic heterocycles. The second kappa shape index (κ2) is 35.7. The average molecular weight is 1310 g/mol. The molecule has 0 aliphatic heterocycles. The maximum absolute atomic E-state index is 15.3. The fourth-order valence-electron chi connectivity index (χ4n) is 11.2. The molecule has 27 heteroatoms. The fraction of sp³-hybridized carbons (Fsp3) is 0.412. The molecule has 0 saturated heterocycles. The molecule has 0 radical (unpaired) electrons. The molecule has 0 fully saturated rings. The van der Waals surface area contributed by atoms with Gasteiger partial charge in [-0.05, 0) is 97.5 Å². The lowest BCUT2D eigenvalue weighted by Gasteiger charge is -2.26. The highest BCUT2D eigenvalue weighted by Crippen LogP contribution is 2.26. The zero-order chi connectivity index (χ0) is 69.5. The molecule has 0 saturated carbocycles. The van der Waals surface area contributed by atoms with Gasteiger partial charge in [0.25, 0.3) is 0 Å². The van der Waals surface area contributed by atoms with E-state index in [1.54, 1.807) is 69.7 Å². The predicted molar refractivity (Wildman–Crippen MR) is 352 cm³/mol. The molecular formula is C68H86FN13O13. The maximum atomic E-state index is 15.3. The van der Waals surface area contributed by atoms with E-state index in [-0.39, 0.29) is 61.8 Å². The van der Waals surface area contributed by atoms with E-state index < -0.39 is 163 Å². The first-order valence-electron chi connectivity index (χ1n) is 31.4. The van der Waals surface area contributed by atoms with Gasteiger partial charge in [-0.3, -0.25) is 53.4 Å². The Bertz CT molecular complexity index is 3720. The molecule has 508 valence electrons. The van der Waals surface area contributed by atoms with Crippen molar-refractivity contribution >= 4 is 92.4 Å². The summed E-state index contributed by atoms with van der Waals surface area (Å²) in [5.41, 5.74) is 14.8. The van der Waals surface area contributed by atoms with Crippen LogP contribution in [0.4, 0.5) is 9.18 Å². The summed E-state index contributed by atoms with van der Waals surface area (Å²) in [4.78, 5) is 158. The van der Waals surface area contributed by atoms with E-state index in [4.69, 9.17) is 16.9 Å². The fourth-order valence-corrected chi connectivity index (χ4v) is 11.2. The van der Waals surface area contributed by atoms with Gasteiger partial charge < -0.3 is 74.2 Å². The van der Waals surface area contributed by atoms with Crippen molar-refractivity contribution in [3.8, 4) is 5.75 Å². The number of Topliss-reactive ketones (excluding diaryl/α,β-unsaturated/α-hetero) is 4. The number of para-hydroxylation sites is 2. The van der Waals surface area contributed by atoms with Gasteiger partial charge in [-0.15, -0.1) is 0 Å². The zero-order valence-corrected chi connectivity index (χ0v) is 53.8. The molecule has 9 atom stereocenters. The Morgan fingerprint density at radius 3 is 1.69 bits per heavy atom. The Hall–Kier alpha value is -10.3. The number of nitrogens with one attached hydrogen (secondary N) is 11. The van der Waals surface area contributed by atoms with Gasteiger partial charge in [0.2, 0.25) is 35.4 Å². The number of hydrogen-bond acceptors (Lipinski definition) is 14. The lowest BCUT2D eigenvalue weighted by molar-refractivity contribution is -0.137. The van der Waals surface area contributed by atoms with Crippen LogP contribution >= 0.6 is 0 Å². The number of aliphatic hydroxyl groups is 1. The number of halogens is 1. The third kappa shape index (κ3) is 22.7. The number of urea groups is 1. The van der Waals surface area contributed by atoms with E-state index in [0.29, 0.717) is 28.6 Å². The van der Waals surface area contributed by atoms with Crippen LogP contribution in [0.25, 0.3) is 21.8 Å². The number of aromatic amines is 2. The maximum Gasteiger partial charge on any atom is 0.315 e. The quantitative estimate of drug-likeness (QED) is 0.0151. The summed E-state index contributed by atoms with van der Waals surface area (Å²) in [7, 11) is 1.55. The summed E-state index contributed by atoms with van der Waals surface area (Å²) >= 11 is 0. The monoisotopic (exact) mass is 1310 g/mol. The molecule has 95 heavy (non-hydrogen) atoms. The molecule has 4 aromatic carbocycles. The number of guanidine groups is 1. The molecule has 0 unspecified atom stereocenters. The van der Waals surface area contributed by atoms with Gasteiger partial charge in [-0.25, -0.2) is 9.18 Å². The zero-order valence-electron chi connectivity index (χ0n) is 53.8. The Kier molecular flexibility index (Phi) is 27.7. The number of phenols is 1. The number of H-pyrrole nitrogens is 2. The third-order valence-electron chi connectivity index (χ3n) is 16.3. The standard InChI is InChI=1S/C68H86FN13O13/c1-37(2)25-53(58(86)30-42(14-12-24-74-67(72)73-5)64(92)81-57(63(71)91)29-45-35-76-52-19-11-8-16-48(45)52)82-68(95)77-36-61(89)55(28-41-13-6-9-17-50(41)69)80-66(94)49(38(3)83)32-60(88)56(33-62(70)90)79-65(93)43(27-44-34-75-51-18-10-7-15-47(44)51)31-59(87)54(78-39(4)84)26-40-20-22-46(85)23-21-40/h6-11,13,15-23,34-35,37-38,42-43,49,53-57,75-76,83,85H,12,14,24-33,36H2,1-5H3,(H2,70,90)(H2,71,91)(H,78,84)(H,79,93)(H,80,94)(H,81,92)(H3,72,73,74)(H2,77,82,95)/t38-,42-,43-,49+,53+,54-,55+,56+,57+/m1/s1. The van der Waals surface area contributed by atoms with E-state index in [1.165, 1.54) is 44.2 Å². The number of ketones is 4. The Morgan fingerprint density at radius 2 is 1.11 bits per heavy atom. The van der Waals surface area contributed by atoms with Gasteiger partial charge in [0.15, 0.2) is 29.1 Å². The van der Waals surface area contributed by atoms with Gasteiger partial charge in [-0.2, -0.15) is 0 Å². The van der Waals surface area contributed by atoms with E-state index in [9.17, 15) is 63.0 Å². The van der Waals surface area contributed by atoms with Crippen molar-refractivity contribution in [2.24, 2.45) is 35.1 Å². The second-order valence-electron chi connectivity index (χ2n) is 24.2. The summed E-state index contributed by atoms with van der Waals surface area (Å²) in [6.07, 6.45) is -0.950. The third-order valence-corrected chi connectivity index (χ3v) is 16.3. The van der Waals surface area contributed by atoms with Crippen molar-refractivity contribution < 1.29 is 67.3 Å². The van der Waals surface area contributed by atoms with Crippen molar-refractivity contribution in [2.75, 3.05) is 20.1 Å². The van der Waals surface area contributed by atoms with Gasteiger partial charge in [0.05, 0.1) is 49.2 Å². The second-order valence-corrected chi connectivity index (χ2v) is 24.2. The van der Waals surface area contributed by atoms with Crippen LogP contribution in [-0.2, 0) is 73.6 Å². The van der Waals surface area contributed by atoms with Crippen LogP contribution in [-0.4, -0.2) is 147 Å². The number of primary amides is 2. The number of carbonyl (C=O) groups is 11. The normalized spacial score (nSPS) is 14.1. The van der Waals surface area contributed by atoms with Crippen LogP contribution < -0.4 is 54.0 Å². The molecule has 6 aromatic rings. The number of hydrogen-bond donors (Lipinski definition) is 15. The average Bonchev–Trinajstić information content (AvgIpc) is 1.73. The number of aromatic nitrogens is 2. The van der Waals surface area contributed by atoms with Crippen LogP contribution in [0.3, 0.4) is 0 Å². The topological polar surface area (TPSA) is 432 Å². The Balaban J connectivity index is 1.17. The highest BCUT2D eigenvalue weighted by Gasteiger charge is 2.37. The smallest absolute Gasteiger partial charge is 0.315 e. The number of aliphatic hydroxyl groups excluding tert-OH is 1. The molecule has 26 nitrogen and oxygen atoms in total. The number of amides is 8. The number of aromatic hydroxyl groups is 1. The minimum atomic E-state index is -1.73. The van der Waals surface area contributed by atoms with Crippen LogP contribution in [0.5, 0.6) is 5.75 Å². The van der Waals surface area contributed by atoms with E-state index in [1.807, 2.05) is 24.3 Å². The minimum absolute atomic E-state index is 0.0133. The van der Waals surface area contributed by atoms with E-state index in [0.717, 1.165) is 22.4 Å². The van der Waals surface area contributed by atoms with Crippen molar-refractivity contribution in [1.82, 2.24) is 52.5 Å². The summed E-state index contributed by atoms with van der Waals surface area (Å²) < 4.78 is 15.3. The van der Waals surface area contributed by atoms with Crippen LogP contribution in [0.2, 0.25) is 0 Å². The minimum Gasteiger partial charge on any atom is -0.508 e. The molecule has 0 aliphatic carbocycles. The van der Waals surface area contributed by atoms with Gasteiger partial charge in [-0.1, -0.05) is 80.6 Å². The van der Waals surface area contributed by atoms with E-state index >= 15 is 4.39 Å². The lowest BCUT2D eigenvalue weighted by atomic mass is 9.88. The number of nitrogens with two attached hydrogens (primary N) is 2. The first-order valence-corrected chi connectivity index (χ1v) is 31.4. The number of rotatable bonds is 38. The predicted octanol–water partition coefficient (Wildman–Crippen LogP) is 3.00. The van der Waals surface area contributed by atoms with Gasteiger partial charge in [0, 0.05) is 98.7 Å². The van der Waals surface area contributed by atoms with Gasteiger partial charge >= 0.3 is 6.03 Å². The number of fused-ring (bicyclic) bond motifs is 2. The highest BCUT2D eigenvalue weighted by atomic mass is 19.1. The number of phenolic OH excluding ortho intramolecular Hbond substituents is 1. The molecule has 0 bridgehead atoms. The summed E-state index contributed by atoms with van der Waals surface area (Å²) in [5, 5.41) is 51.3. The van der Waals surface area contributed by atoms with Crippen LogP contribution in [0.15, 0.2) is 109 Å². The van der Waals surface area contributed by atoms with Crippen LogP contribution in [0.1, 0.15) is 94.9 Å². The first kappa shape index (κ1) is 73.7. The van der Waals surface area contributed by atoms with E-state index in [2.05, 4.69) is 52.5 Å². The van der Waals surface area contributed by atoms with Crippen molar-refractivity contribution in [1.29, 1.82) is 5.41 Å². The van der Waals surface area contributed by atoms with Crippen molar-refractivity contribution in [2.45, 2.75) is 135 Å². The summed E-state index contributed by atoms with van der Waals surface area (Å²) in [6.45, 7) is 5.39. The number of carbonyl (C=O) groups excluding carboxylic acids is 11. The summed E-state index contributed by atoms with van der Waals surface area (Å²) in [6, 6.07) is 17.9. The SMILES string of the molecule is CNC(=N)NCCC[C@H](CC(=O)[C@H](CC(C)C)NC(=O)NCC(=O)[C@H](Cc1ccccc1F)NC(=O)[C@@H](CC(=O)[C@H](CC(N)=O)NC(=O)[C@@H](CC(=O)[C@@H](Cc1ccc(O)cc1)NC(C)=O)Cc1c[nH]c2ccccc12)[C@@H](C)O)C(=O)N[C@@H](Cc1c[nH]c2ccccc12)C(N)=O. The highest BCUT2D eigenvalue weighted by molar-refractivity contribution is 6.00. The molecule has 0 spiro atoms. The Labute approximate surface area is 548 Å². The first-order chi connectivity index (χ1) is 45.2. The van der Waals surface area contributed by atoms with Gasteiger partial charge in [0.1, 0.15) is 17.6 Å².